The van der Waals surface area contributed by atoms with Crippen LogP contribution in [0.2, 0.25) is 10.0 Å². The summed E-state index contributed by atoms with van der Waals surface area (Å²) in [5, 5.41) is 5.75. The van der Waals surface area contributed by atoms with Gasteiger partial charge in [0.1, 0.15) is 6.54 Å². The molecule has 0 spiro atoms. The van der Waals surface area contributed by atoms with Gasteiger partial charge < -0.3 is 15.0 Å². The highest BCUT2D eigenvalue weighted by Gasteiger charge is 2.26. The Morgan fingerprint density at radius 2 is 2.19 bits per heavy atom. The SMILES string of the molecule is Cc1csc(NC(=O)CN(CC2CCCO2)C(=O)c2ccc(Cl)c(Cl)c2)n1. The first kappa shape index (κ1) is 20.1. The van der Waals surface area contributed by atoms with Crippen molar-refractivity contribution in [2.45, 2.75) is 25.9 Å². The summed E-state index contributed by atoms with van der Waals surface area (Å²) >= 11 is 13.3. The smallest absolute Gasteiger partial charge is 0.254 e. The van der Waals surface area contributed by atoms with E-state index in [1.807, 2.05) is 12.3 Å². The number of benzene rings is 1. The molecule has 0 aliphatic carbocycles. The van der Waals surface area contributed by atoms with Gasteiger partial charge >= 0.3 is 0 Å². The van der Waals surface area contributed by atoms with Crippen LogP contribution >= 0.6 is 34.5 Å². The lowest BCUT2D eigenvalue weighted by atomic mass is 10.1. The summed E-state index contributed by atoms with van der Waals surface area (Å²) in [5.41, 5.74) is 1.21. The third-order valence-corrected chi connectivity index (χ3v) is 5.72. The van der Waals surface area contributed by atoms with Crippen molar-refractivity contribution in [2.24, 2.45) is 0 Å². The normalized spacial score (nSPS) is 16.3. The number of aromatic nitrogens is 1. The molecule has 1 fully saturated rings. The molecule has 1 N–H and O–H groups in total. The summed E-state index contributed by atoms with van der Waals surface area (Å²) in [4.78, 5) is 31.1. The molecule has 1 aromatic heterocycles. The number of nitrogens with zero attached hydrogens (tertiary/aromatic N) is 2. The number of ether oxygens (including phenoxy) is 1. The monoisotopic (exact) mass is 427 g/mol. The molecule has 27 heavy (non-hydrogen) atoms. The van der Waals surface area contributed by atoms with Gasteiger partial charge in [-0.2, -0.15) is 0 Å². The minimum Gasteiger partial charge on any atom is -0.376 e. The Morgan fingerprint density at radius 3 is 2.81 bits per heavy atom. The third kappa shape index (κ3) is 5.42. The Kier molecular flexibility index (Phi) is 6.70. The van der Waals surface area contributed by atoms with Crippen molar-refractivity contribution in [2.75, 3.05) is 25.0 Å². The van der Waals surface area contributed by atoms with Gasteiger partial charge in [0.15, 0.2) is 5.13 Å². The second-order valence-electron chi connectivity index (χ2n) is 6.29. The molecule has 3 rings (SSSR count). The lowest BCUT2D eigenvalue weighted by molar-refractivity contribution is -0.117. The summed E-state index contributed by atoms with van der Waals surface area (Å²) in [6.07, 6.45) is 1.73. The summed E-state index contributed by atoms with van der Waals surface area (Å²) in [6, 6.07) is 4.68. The van der Waals surface area contributed by atoms with E-state index < -0.39 is 0 Å². The fourth-order valence-electron chi connectivity index (χ4n) is 2.81. The topological polar surface area (TPSA) is 71.5 Å². The fraction of sp³-hybridized carbons (Fsp3) is 0.389. The van der Waals surface area contributed by atoms with Gasteiger partial charge in [0, 0.05) is 24.1 Å². The van der Waals surface area contributed by atoms with Gasteiger partial charge in [0.25, 0.3) is 5.91 Å². The van der Waals surface area contributed by atoms with Gasteiger partial charge in [-0.25, -0.2) is 4.98 Å². The molecule has 0 saturated carbocycles. The van der Waals surface area contributed by atoms with Crippen LogP contribution in [0.15, 0.2) is 23.6 Å². The van der Waals surface area contributed by atoms with E-state index in [4.69, 9.17) is 27.9 Å². The van der Waals surface area contributed by atoms with E-state index in [0.717, 1.165) is 18.5 Å². The number of aryl methyl sites for hydroxylation is 1. The predicted octanol–water partition coefficient (Wildman–Crippen LogP) is 4.02. The summed E-state index contributed by atoms with van der Waals surface area (Å²) in [6.45, 7) is 2.76. The predicted molar refractivity (Wildman–Crippen MR) is 107 cm³/mol. The van der Waals surface area contributed by atoms with Crippen molar-refractivity contribution >= 4 is 51.5 Å². The van der Waals surface area contributed by atoms with Crippen LogP contribution in [0.4, 0.5) is 5.13 Å². The quantitative estimate of drug-likeness (QED) is 0.755. The van der Waals surface area contributed by atoms with Crippen LogP contribution in [0, 0.1) is 6.92 Å². The average Bonchev–Trinajstić information content (AvgIpc) is 3.28. The van der Waals surface area contributed by atoms with E-state index in [2.05, 4.69) is 10.3 Å². The molecule has 2 heterocycles. The fourth-order valence-corrected chi connectivity index (χ4v) is 3.81. The molecular formula is C18H19Cl2N3O3S. The highest BCUT2D eigenvalue weighted by Crippen LogP contribution is 2.24. The Morgan fingerprint density at radius 1 is 1.37 bits per heavy atom. The van der Waals surface area contributed by atoms with Gasteiger partial charge in [-0.05, 0) is 38.0 Å². The van der Waals surface area contributed by atoms with E-state index in [-0.39, 0.29) is 24.5 Å². The van der Waals surface area contributed by atoms with E-state index in [9.17, 15) is 9.59 Å². The lowest BCUT2D eigenvalue weighted by Crippen LogP contribution is -2.42. The molecule has 2 aromatic rings. The van der Waals surface area contributed by atoms with E-state index in [0.29, 0.717) is 33.9 Å². The summed E-state index contributed by atoms with van der Waals surface area (Å²) in [5.74, 6) is -0.606. The first-order valence-corrected chi connectivity index (χ1v) is 10.1. The van der Waals surface area contributed by atoms with Gasteiger partial charge in [0.2, 0.25) is 5.91 Å². The molecule has 2 amide bonds. The Bertz CT molecular complexity index is 837. The van der Waals surface area contributed by atoms with Crippen LogP contribution in [-0.4, -0.2) is 47.5 Å². The molecule has 1 atom stereocenters. The molecule has 1 aliphatic rings. The standard InChI is InChI=1S/C18H19Cl2N3O3S/c1-11-10-27-18(21-11)22-16(24)9-23(8-13-3-2-6-26-13)17(25)12-4-5-14(19)15(20)7-12/h4-5,7,10,13H,2-3,6,8-9H2,1H3,(H,21,22,24). The Hall–Kier alpha value is -1.67. The minimum absolute atomic E-state index is 0.0772. The summed E-state index contributed by atoms with van der Waals surface area (Å²) in [7, 11) is 0. The maximum atomic E-state index is 13.0. The Labute approximate surface area is 171 Å². The first-order valence-electron chi connectivity index (χ1n) is 8.50. The van der Waals surface area contributed by atoms with E-state index in [1.165, 1.54) is 22.3 Å². The second-order valence-corrected chi connectivity index (χ2v) is 7.96. The number of carbonyl (C=O) groups excluding carboxylic acids is 2. The first-order chi connectivity index (χ1) is 12.9. The second kappa shape index (κ2) is 9.01. The van der Waals surface area contributed by atoms with Crippen molar-refractivity contribution in [3.8, 4) is 0 Å². The number of nitrogens with one attached hydrogen (secondary N) is 1. The highest BCUT2D eigenvalue weighted by atomic mass is 35.5. The van der Waals surface area contributed by atoms with Crippen LogP contribution in [-0.2, 0) is 9.53 Å². The summed E-state index contributed by atoms with van der Waals surface area (Å²) < 4.78 is 5.63. The van der Waals surface area contributed by atoms with Crippen LogP contribution in [0.25, 0.3) is 0 Å². The average molecular weight is 428 g/mol. The molecule has 1 aromatic carbocycles. The lowest BCUT2D eigenvalue weighted by Gasteiger charge is -2.25. The number of rotatable bonds is 6. The van der Waals surface area contributed by atoms with Gasteiger partial charge in [-0.15, -0.1) is 11.3 Å². The van der Waals surface area contributed by atoms with E-state index in [1.54, 1.807) is 12.1 Å². The zero-order valence-electron chi connectivity index (χ0n) is 14.7. The van der Waals surface area contributed by atoms with Gasteiger partial charge in [-0.1, -0.05) is 23.2 Å². The molecule has 0 bridgehead atoms. The van der Waals surface area contributed by atoms with Crippen LogP contribution < -0.4 is 5.32 Å². The van der Waals surface area contributed by atoms with Crippen LogP contribution in [0.1, 0.15) is 28.9 Å². The molecule has 9 heteroatoms. The van der Waals surface area contributed by atoms with Crippen molar-refractivity contribution < 1.29 is 14.3 Å². The molecule has 0 radical (unpaired) electrons. The maximum absolute atomic E-state index is 13.0. The molecule has 1 aliphatic heterocycles. The molecule has 6 nitrogen and oxygen atoms in total. The zero-order chi connectivity index (χ0) is 19.4. The molecule has 1 saturated heterocycles. The zero-order valence-corrected chi connectivity index (χ0v) is 17.0. The number of carbonyl (C=O) groups is 2. The van der Waals surface area contributed by atoms with Crippen molar-refractivity contribution in [3.63, 3.8) is 0 Å². The van der Waals surface area contributed by atoms with Crippen molar-refractivity contribution in [1.29, 1.82) is 0 Å². The number of amides is 2. The number of thiazole rings is 1. The van der Waals surface area contributed by atoms with Crippen molar-refractivity contribution in [3.05, 3.63) is 44.9 Å². The number of anilines is 1. The Balaban J connectivity index is 1.73. The third-order valence-electron chi connectivity index (χ3n) is 4.10. The van der Waals surface area contributed by atoms with Crippen LogP contribution in [0.3, 0.4) is 0 Å². The number of hydrogen-bond acceptors (Lipinski definition) is 5. The highest BCUT2D eigenvalue weighted by molar-refractivity contribution is 7.13. The molecular weight excluding hydrogens is 409 g/mol. The minimum atomic E-state index is -0.309. The maximum Gasteiger partial charge on any atom is 0.254 e. The molecule has 1 unspecified atom stereocenters. The van der Waals surface area contributed by atoms with Gasteiger partial charge in [0.05, 0.1) is 21.8 Å². The number of hydrogen-bond donors (Lipinski definition) is 1. The van der Waals surface area contributed by atoms with Crippen molar-refractivity contribution in [1.82, 2.24) is 9.88 Å². The number of halogens is 2. The van der Waals surface area contributed by atoms with Crippen LogP contribution in [0.5, 0.6) is 0 Å². The van der Waals surface area contributed by atoms with Gasteiger partial charge in [-0.3, -0.25) is 9.59 Å². The van der Waals surface area contributed by atoms with E-state index >= 15 is 0 Å². The largest absolute Gasteiger partial charge is 0.376 e. The molecule has 144 valence electrons.